The summed E-state index contributed by atoms with van der Waals surface area (Å²) in [5.41, 5.74) is 1.05. The molecule has 2 rings (SSSR count). The van der Waals surface area contributed by atoms with Gasteiger partial charge in [0.25, 0.3) is 0 Å². The molecule has 0 unspecified atom stereocenters. The van der Waals surface area contributed by atoms with Crippen LogP contribution in [-0.4, -0.2) is 22.4 Å². The summed E-state index contributed by atoms with van der Waals surface area (Å²) in [6, 6.07) is 4.15. The van der Waals surface area contributed by atoms with E-state index in [-0.39, 0.29) is 5.91 Å². The van der Waals surface area contributed by atoms with Crippen molar-refractivity contribution in [2.45, 2.75) is 25.7 Å². The molecule has 0 aliphatic rings. The highest BCUT2D eigenvalue weighted by molar-refractivity contribution is 9.11. The summed E-state index contributed by atoms with van der Waals surface area (Å²) < 4.78 is 1.14. The van der Waals surface area contributed by atoms with Crippen molar-refractivity contribution in [2.24, 2.45) is 0 Å². The van der Waals surface area contributed by atoms with Crippen molar-refractivity contribution in [3.05, 3.63) is 39.0 Å². The molecule has 2 heterocycles. The van der Waals surface area contributed by atoms with Gasteiger partial charge in [0.05, 0.1) is 10.1 Å². The first-order valence-corrected chi connectivity index (χ1v) is 7.83. The first kappa shape index (κ1) is 14.3. The Bertz CT molecular complexity index is 510. The number of nitrogens with zero attached hydrogens (tertiary/aromatic N) is 1. The summed E-state index contributed by atoms with van der Waals surface area (Å²) in [6.07, 6.45) is 6.66. The number of hydrogen-bond acceptors (Lipinski definition) is 3. The van der Waals surface area contributed by atoms with Crippen LogP contribution >= 0.6 is 27.3 Å². The molecule has 2 aromatic rings. The number of rotatable bonds is 7. The maximum absolute atomic E-state index is 11.6. The molecule has 0 aliphatic carbocycles. The molecule has 0 saturated carbocycles. The van der Waals surface area contributed by atoms with Gasteiger partial charge in [-0.05, 0) is 40.9 Å². The molecule has 0 radical (unpaired) electrons. The second-order valence-corrected chi connectivity index (χ2v) is 6.78. The van der Waals surface area contributed by atoms with Gasteiger partial charge in [-0.25, -0.2) is 4.98 Å². The number of aromatic amines is 1. The number of H-pyrrole nitrogens is 1. The average molecular weight is 342 g/mol. The van der Waals surface area contributed by atoms with Crippen LogP contribution in [0.15, 0.2) is 28.4 Å². The fourth-order valence-corrected chi connectivity index (χ4v) is 3.28. The van der Waals surface area contributed by atoms with Gasteiger partial charge in [0.15, 0.2) is 0 Å². The normalized spacial score (nSPS) is 10.6. The number of halogens is 1. The Labute approximate surface area is 124 Å². The zero-order valence-corrected chi connectivity index (χ0v) is 12.9. The highest BCUT2D eigenvalue weighted by Gasteiger charge is 2.03. The van der Waals surface area contributed by atoms with Gasteiger partial charge in [-0.15, -0.1) is 11.3 Å². The van der Waals surface area contributed by atoms with Gasteiger partial charge in [-0.2, -0.15) is 0 Å². The second-order valence-electron chi connectivity index (χ2n) is 4.24. The minimum Gasteiger partial charge on any atom is -0.356 e. The fourth-order valence-electron chi connectivity index (χ4n) is 1.76. The lowest BCUT2D eigenvalue weighted by atomic mass is 10.2. The molecule has 6 heteroatoms. The lowest BCUT2D eigenvalue weighted by Gasteiger charge is -2.03. The van der Waals surface area contributed by atoms with E-state index in [1.54, 1.807) is 23.9 Å². The van der Waals surface area contributed by atoms with Gasteiger partial charge in [0.2, 0.25) is 5.91 Å². The Balaban J connectivity index is 1.57. The number of amides is 1. The summed E-state index contributed by atoms with van der Waals surface area (Å²) in [5, 5.41) is 2.92. The van der Waals surface area contributed by atoms with E-state index >= 15 is 0 Å². The van der Waals surface area contributed by atoms with Crippen LogP contribution in [0.5, 0.6) is 0 Å². The van der Waals surface area contributed by atoms with Crippen LogP contribution in [-0.2, 0) is 17.6 Å². The number of carbonyl (C=O) groups is 1. The Kier molecular flexibility index (Phi) is 5.60. The number of aromatic nitrogens is 2. The monoisotopic (exact) mass is 341 g/mol. The molecule has 0 aliphatic heterocycles. The van der Waals surface area contributed by atoms with Crippen molar-refractivity contribution in [2.75, 3.05) is 6.54 Å². The van der Waals surface area contributed by atoms with Crippen molar-refractivity contribution >= 4 is 33.2 Å². The van der Waals surface area contributed by atoms with Gasteiger partial charge in [0.1, 0.15) is 0 Å². The molecular formula is C13H16BrN3OS. The third-order valence-electron chi connectivity index (χ3n) is 2.73. The molecule has 19 heavy (non-hydrogen) atoms. The van der Waals surface area contributed by atoms with Crippen molar-refractivity contribution in [3.8, 4) is 0 Å². The van der Waals surface area contributed by atoms with Gasteiger partial charge in [-0.1, -0.05) is 0 Å². The van der Waals surface area contributed by atoms with Gasteiger partial charge >= 0.3 is 0 Å². The van der Waals surface area contributed by atoms with E-state index in [9.17, 15) is 4.79 Å². The third-order valence-corrected chi connectivity index (χ3v) is 4.41. The lowest BCUT2D eigenvalue weighted by molar-refractivity contribution is -0.121. The van der Waals surface area contributed by atoms with E-state index < -0.39 is 0 Å². The number of nitrogens with one attached hydrogen (secondary N) is 2. The van der Waals surface area contributed by atoms with Crippen molar-refractivity contribution in [1.82, 2.24) is 15.3 Å². The van der Waals surface area contributed by atoms with Crippen LogP contribution in [0.1, 0.15) is 23.4 Å². The Morgan fingerprint density at radius 2 is 2.32 bits per heavy atom. The summed E-state index contributed by atoms with van der Waals surface area (Å²) in [7, 11) is 0. The zero-order valence-electron chi connectivity index (χ0n) is 10.5. The SMILES string of the molecule is O=C(CCCc1ccc(Br)s1)NCCc1cnc[nH]1. The maximum Gasteiger partial charge on any atom is 0.220 e. The second kappa shape index (κ2) is 7.45. The van der Waals surface area contributed by atoms with Gasteiger partial charge < -0.3 is 10.3 Å². The first-order chi connectivity index (χ1) is 9.24. The summed E-state index contributed by atoms with van der Waals surface area (Å²) >= 11 is 5.17. The van der Waals surface area contributed by atoms with E-state index in [4.69, 9.17) is 0 Å². The van der Waals surface area contributed by atoms with Crippen molar-refractivity contribution < 1.29 is 4.79 Å². The Morgan fingerprint density at radius 3 is 3.00 bits per heavy atom. The Morgan fingerprint density at radius 1 is 1.42 bits per heavy atom. The Hall–Kier alpha value is -1.14. The van der Waals surface area contributed by atoms with Crippen LogP contribution in [0, 0.1) is 0 Å². The van der Waals surface area contributed by atoms with Crippen molar-refractivity contribution in [1.29, 1.82) is 0 Å². The standard InChI is InChI=1S/C13H16BrN3OS/c14-12-5-4-11(19-12)2-1-3-13(18)16-7-6-10-8-15-9-17-10/h4-5,8-9H,1-3,6-7H2,(H,15,17)(H,16,18). The molecule has 102 valence electrons. The molecular weight excluding hydrogens is 326 g/mol. The molecule has 0 saturated heterocycles. The number of imidazole rings is 1. The van der Waals surface area contributed by atoms with E-state index in [1.165, 1.54) is 4.88 Å². The summed E-state index contributed by atoms with van der Waals surface area (Å²) in [6.45, 7) is 0.658. The van der Waals surface area contributed by atoms with E-state index in [0.717, 1.165) is 28.7 Å². The predicted octanol–water partition coefficient (Wildman–Crippen LogP) is 2.92. The van der Waals surface area contributed by atoms with Gasteiger partial charge in [-0.3, -0.25) is 4.79 Å². The minimum absolute atomic E-state index is 0.120. The zero-order chi connectivity index (χ0) is 13.5. The topological polar surface area (TPSA) is 57.8 Å². The number of aryl methyl sites for hydroxylation is 1. The third kappa shape index (κ3) is 5.16. The first-order valence-electron chi connectivity index (χ1n) is 6.22. The number of carbonyl (C=O) groups excluding carboxylic acids is 1. The fraction of sp³-hybridized carbons (Fsp3) is 0.385. The molecule has 1 amide bonds. The lowest BCUT2D eigenvalue weighted by Crippen LogP contribution is -2.25. The van der Waals surface area contributed by atoms with E-state index in [1.807, 2.05) is 6.07 Å². The molecule has 0 bridgehead atoms. The molecule has 0 fully saturated rings. The predicted molar refractivity (Wildman–Crippen MR) is 80.3 cm³/mol. The highest BCUT2D eigenvalue weighted by Crippen LogP contribution is 2.23. The number of thiophene rings is 1. The molecule has 0 spiro atoms. The van der Waals surface area contributed by atoms with Crippen LogP contribution in [0.25, 0.3) is 0 Å². The average Bonchev–Trinajstić information content (AvgIpc) is 3.01. The molecule has 0 aromatic carbocycles. The van der Waals surface area contributed by atoms with Crippen LogP contribution < -0.4 is 5.32 Å². The summed E-state index contributed by atoms with van der Waals surface area (Å²) in [4.78, 5) is 19.9. The van der Waals surface area contributed by atoms with Crippen molar-refractivity contribution in [3.63, 3.8) is 0 Å². The summed E-state index contributed by atoms with van der Waals surface area (Å²) in [5.74, 6) is 0.120. The highest BCUT2D eigenvalue weighted by atomic mass is 79.9. The van der Waals surface area contributed by atoms with Crippen LogP contribution in [0.3, 0.4) is 0 Å². The smallest absolute Gasteiger partial charge is 0.220 e. The quantitative estimate of drug-likeness (QED) is 0.813. The molecule has 2 aromatic heterocycles. The van der Waals surface area contributed by atoms with Gasteiger partial charge in [0, 0.05) is 36.2 Å². The van der Waals surface area contributed by atoms with E-state index in [2.05, 4.69) is 37.3 Å². The number of hydrogen-bond donors (Lipinski definition) is 2. The molecule has 2 N–H and O–H groups in total. The minimum atomic E-state index is 0.120. The van der Waals surface area contributed by atoms with Crippen LogP contribution in [0.2, 0.25) is 0 Å². The largest absolute Gasteiger partial charge is 0.356 e. The molecule has 0 atom stereocenters. The maximum atomic E-state index is 11.6. The molecule has 4 nitrogen and oxygen atoms in total. The van der Waals surface area contributed by atoms with Crippen LogP contribution in [0.4, 0.5) is 0 Å². The van der Waals surface area contributed by atoms with E-state index in [0.29, 0.717) is 13.0 Å².